The number of hydrogen-bond donors (Lipinski definition) is 1. The van der Waals surface area contributed by atoms with E-state index in [4.69, 9.17) is 16.3 Å². The highest BCUT2D eigenvalue weighted by atomic mass is 35.5. The molecule has 0 atom stereocenters. The quantitative estimate of drug-likeness (QED) is 0.781. The lowest BCUT2D eigenvalue weighted by molar-refractivity contribution is 0.0531. The molecule has 0 spiro atoms. The van der Waals surface area contributed by atoms with Gasteiger partial charge in [-0.1, -0.05) is 11.6 Å². The van der Waals surface area contributed by atoms with E-state index < -0.39 is 11.9 Å². The van der Waals surface area contributed by atoms with Crippen LogP contribution >= 0.6 is 22.9 Å². The van der Waals surface area contributed by atoms with E-state index in [1.54, 1.807) is 19.9 Å². The lowest BCUT2D eigenvalue weighted by Crippen LogP contribution is -2.22. The van der Waals surface area contributed by atoms with Crippen LogP contribution < -0.4 is 10.2 Å². The minimum Gasteiger partial charge on any atom is -0.462 e. The Morgan fingerprint density at radius 3 is 2.81 bits per heavy atom. The number of anilines is 2. The number of esters is 1. The normalized spacial score (nSPS) is 13.7. The van der Waals surface area contributed by atoms with E-state index in [9.17, 15) is 9.59 Å². The van der Waals surface area contributed by atoms with E-state index in [1.165, 1.54) is 6.20 Å². The molecule has 1 aliphatic heterocycles. The van der Waals surface area contributed by atoms with E-state index in [0.29, 0.717) is 22.4 Å². The summed E-state index contributed by atoms with van der Waals surface area (Å²) in [6, 6.07) is 1.73. The lowest BCUT2D eigenvalue weighted by Gasteiger charge is -2.15. The van der Waals surface area contributed by atoms with Crippen molar-refractivity contribution in [3.8, 4) is 0 Å². The molecule has 138 valence electrons. The number of aryl methyl sites for hydroxylation is 1. The molecular formula is C17H19ClN4O3S. The Labute approximate surface area is 160 Å². The van der Waals surface area contributed by atoms with Gasteiger partial charge in [0.05, 0.1) is 22.8 Å². The molecule has 0 aromatic carbocycles. The van der Waals surface area contributed by atoms with Crippen LogP contribution in [0.5, 0.6) is 0 Å². The molecule has 0 saturated carbocycles. The summed E-state index contributed by atoms with van der Waals surface area (Å²) >= 11 is 7.28. The van der Waals surface area contributed by atoms with Crippen molar-refractivity contribution in [1.82, 2.24) is 9.97 Å². The molecule has 2 aromatic rings. The number of aromatic nitrogens is 2. The molecule has 2 aromatic heterocycles. The van der Waals surface area contributed by atoms with Gasteiger partial charge in [-0.2, -0.15) is 0 Å². The highest BCUT2D eigenvalue weighted by Crippen LogP contribution is 2.28. The van der Waals surface area contributed by atoms with Crippen molar-refractivity contribution in [2.24, 2.45) is 0 Å². The predicted molar refractivity (Wildman–Crippen MR) is 101 cm³/mol. The van der Waals surface area contributed by atoms with Crippen molar-refractivity contribution in [3.63, 3.8) is 0 Å². The second-order valence-electron chi connectivity index (χ2n) is 5.86. The molecule has 3 rings (SSSR count). The summed E-state index contributed by atoms with van der Waals surface area (Å²) in [7, 11) is 0. The van der Waals surface area contributed by atoms with Gasteiger partial charge in [-0.25, -0.2) is 14.8 Å². The fraction of sp³-hybridized carbons (Fsp3) is 0.412. The first-order chi connectivity index (χ1) is 12.5. The van der Waals surface area contributed by atoms with Crippen LogP contribution in [0, 0.1) is 6.92 Å². The Bertz CT molecular complexity index is 833. The molecule has 3 heterocycles. The fourth-order valence-corrected chi connectivity index (χ4v) is 3.84. The average molecular weight is 395 g/mol. The van der Waals surface area contributed by atoms with Gasteiger partial charge in [0.25, 0.3) is 5.91 Å². The number of carbonyl (C=O) groups excluding carboxylic acids is 2. The van der Waals surface area contributed by atoms with Crippen LogP contribution in [0.2, 0.25) is 5.02 Å². The van der Waals surface area contributed by atoms with Crippen molar-refractivity contribution in [3.05, 3.63) is 33.4 Å². The van der Waals surface area contributed by atoms with Gasteiger partial charge in [0.2, 0.25) is 5.95 Å². The van der Waals surface area contributed by atoms with Gasteiger partial charge in [0, 0.05) is 13.1 Å². The van der Waals surface area contributed by atoms with Gasteiger partial charge in [-0.3, -0.25) is 4.79 Å². The third-order valence-corrected chi connectivity index (χ3v) is 5.36. The molecule has 1 N–H and O–H groups in total. The topological polar surface area (TPSA) is 84.4 Å². The van der Waals surface area contributed by atoms with Crippen LogP contribution in [-0.4, -0.2) is 41.5 Å². The highest BCUT2D eigenvalue weighted by molar-refractivity contribution is 7.18. The summed E-state index contributed by atoms with van der Waals surface area (Å²) in [6.45, 7) is 5.58. The van der Waals surface area contributed by atoms with Crippen molar-refractivity contribution in [2.45, 2.75) is 26.7 Å². The second-order valence-corrected chi connectivity index (χ2v) is 7.32. The number of nitrogens with zero attached hydrogens (tertiary/aromatic N) is 3. The van der Waals surface area contributed by atoms with E-state index in [0.717, 1.165) is 42.8 Å². The van der Waals surface area contributed by atoms with E-state index in [2.05, 4.69) is 15.3 Å². The standard InChI is InChI=1S/C17H19ClN4O3S/c1-3-25-16(24)14-10(2)8-12(26-14)20-15(23)13-11(18)9-19-17(21-13)22-6-4-5-7-22/h8-9H,3-7H2,1-2H3,(H,20,23). The molecule has 7 nitrogen and oxygen atoms in total. The van der Waals surface area contributed by atoms with Gasteiger partial charge >= 0.3 is 5.97 Å². The first-order valence-corrected chi connectivity index (χ1v) is 9.55. The Kier molecular flexibility index (Phi) is 5.73. The summed E-state index contributed by atoms with van der Waals surface area (Å²) in [5.41, 5.74) is 0.864. The van der Waals surface area contributed by atoms with Crippen LogP contribution in [0.1, 0.15) is 45.5 Å². The molecule has 0 unspecified atom stereocenters. The number of halogens is 1. The number of rotatable bonds is 5. The summed E-state index contributed by atoms with van der Waals surface area (Å²) in [5.74, 6) is -0.326. The molecule has 0 radical (unpaired) electrons. The first kappa shape index (κ1) is 18.6. The van der Waals surface area contributed by atoms with Crippen molar-refractivity contribution in [2.75, 3.05) is 29.9 Å². The number of hydrogen-bond acceptors (Lipinski definition) is 7. The minimum atomic E-state index is -0.436. The number of carbonyl (C=O) groups is 2. The van der Waals surface area contributed by atoms with Crippen molar-refractivity contribution < 1.29 is 14.3 Å². The van der Waals surface area contributed by atoms with Gasteiger partial charge in [0.1, 0.15) is 4.88 Å². The fourth-order valence-electron chi connectivity index (χ4n) is 2.70. The molecule has 1 amide bonds. The summed E-state index contributed by atoms with van der Waals surface area (Å²) in [6.07, 6.45) is 3.61. The number of amides is 1. The minimum absolute atomic E-state index is 0.118. The average Bonchev–Trinajstić information content (AvgIpc) is 3.25. The van der Waals surface area contributed by atoms with Crippen LogP contribution in [0.3, 0.4) is 0 Å². The molecule has 0 aliphatic carbocycles. The molecule has 26 heavy (non-hydrogen) atoms. The molecule has 1 fully saturated rings. The Morgan fingerprint density at radius 1 is 1.38 bits per heavy atom. The second kappa shape index (κ2) is 8.01. The van der Waals surface area contributed by atoms with Crippen LogP contribution in [0.4, 0.5) is 10.9 Å². The van der Waals surface area contributed by atoms with Crippen LogP contribution in [0.15, 0.2) is 12.3 Å². The monoisotopic (exact) mass is 394 g/mol. The maximum Gasteiger partial charge on any atom is 0.348 e. The summed E-state index contributed by atoms with van der Waals surface area (Å²) in [5, 5.41) is 3.47. The Balaban J connectivity index is 1.79. The smallest absolute Gasteiger partial charge is 0.348 e. The van der Waals surface area contributed by atoms with Crippen LogP contribution in [-0.2, 0) is 4.74 Å². The number of ether oxygens (including phenoxy) is 1. The molecule has 1 aliphatic rings. The van der Waals surface area contributed by atoms with Gasteiger partial charge < -0.3 is 15.0 Å². The van der Waals surface area contributed by atoms with Crippen LogP contribution in [0.25, 0.3) is 0 Å². The zero-order chi connectivity index (χ0) is 18.7. The number of thiophene rings is 1. The molecule has 1 saturated heterocycles. The van der Waals surface area contributed by atoms with Gasteiger partial charge in [-0.15, -0.1) is 11.3 Å². The summed E-state index contributed by atoms with van der Waals surface area (Å²) < 4.78 is 5.02. The summed E-state index contributed by atoms with van der Waals surface area (Å²) in [4.78, 5) is 35.6. The maximum atomic E-state index is 12.6. The molecule has 9 heteroatoms. The molecule has 0 bridgehead atoms. The van der Waals surface area contributed by atoms with E-state index >= 15 is 0 Å². The largest absolute Gasteiger partial charge is 0.462 e. The van der Waals surface area contributed by atoms with Crippen molar-refractivity contribution in [1.29, 1.82) is 0 Å². The van der Waals surface area contributed by atoms with E-state index in [1.807, 2.05) is 4.90 Å². The third kappa shape index (κ3) is 3.96. The predicted octanol–water partition coefficient (Wildman–Crippen LogP) is 3.53. The number of nitrogens with one attached hydrogen (secondary N) is 1. The van der Waals surface area contributed by atoms with E-state index in [-0.39, 0.29) is 10.7 Å². The Hall–Kier alpha value is -2.19. The van der Waals surface area contributed by atoms with Gasteiger partial charge in [0.15, 0.2) is 5.69 Å². The zero-order valence-electron chi connectivity index (χ0n) is 14.5. The maximum absolute atomic E-state index is 12.6. The SMILES string of the molecule is CCOC(=O)c1sc(NC(=O)c2nc(N3CCCC3)ncc2Cl)cc1C. The zero-order valence-corrected chi connectivity index (χ0v) is 16.1. The van der Waals surface area contributed by atoms with Gasteiger partial charge in [-0.05, 0) is 38.3 Å². The third-order valence-electron chi connectivity index (χ3n) is 3.95. The first-order valence-electron chi connectivity index (χ1n) is 8.36. The lowest BCUT2D eigenvalue weighted by atomic mass is 10.3. The highest BCUT2D eigenvalue weighted by Gasteiger charge is 2.21. The van der Waals surface area contributed by atoms with Crippen molar-refractivity contribution >= 4 is 45.8 Å². The Morgan fingerprint density at radius 2 is 2.12 bits per heavy atom. The molecular weight excluding hydrogens is 376 g/mol.